The van der Waals surface area contributed by atoms with E-state index in [9.17, 15) is 18.0 Å². The zero-order valence-corrected chi connectivity index (χ0v) is 19.8. The van der Waals surface area contributed by atoms with Gasteiger partial charge in [-0.1, -0.05) is 65.1 Å². The Kier molecular flexibility index (Phi) is 7.59. The van der Waals surface area contributed by atoms with E-state index in [0.29, 0.717) is 10.6 Å². The van der Waals surface area contributed by atoms with Crippen molar-refractivity contribution in [2.24, 2.45) is 0 Å². The maximum Gasteiger partial charge on any atom is 0.244 e. The molecule has 3 aromatic carbocycles. The van der Waals surface area contributed by atoms with Gasteiger partial charge < -0.3 is 5.32 Å². The summed E-state index contributed by atoms with van der Waals surface area (Å²) in [6.07, 6.45) is 0. The number of anilines is 1. The molecule has 0 unspecified atom stereocenters. The Balaban J connectivity index is 1.82. The largest absolute Gasteiger partial charge is 0.324 e. The van der Waals surface area contributed by atoms with E-state index in [1.807, 2.05) is 0 Å². The number of rotatable bonds is 7. The van der Waals surface area contributed by atoms with Crippen molar-refractivity contribution < 1.29 is 18.0 Å². The van der Waals surface area contributed by atoms with Gasteiger partial charge in [-0.2, -0.15) is 4.31 Å². The minimum absolute atomic E-state index is 0.0184. The highest BCUT2D eigenvalue weighted by atomic mass is 35.5. The standard InChI is InChI=1S/C22H17Cl3N2O4S/c1-27(32(30,31)20-12-16(24)7-9-18(20)25)13-21(28)26-19-10-8-15(23)11-17(19)22(29)14-5-3-2-4-6-14/h2-12H,13H2,1H3,(H,26,28). The molecular formula is C22H17Cl3N2O4S. The Labute approximate surface area is 200 Å². The summed E-state index contributed by atoms with van der Waals surface area (Å²) in [6, 6.07) is 17.0. The summed E-state index contributed by atoms with van der Waals surface area (Å²) in [7, 11) is -2.85. The molecule has 0 aliphatic carbocycles. The fraction of sp³-hybridized carbons (Fsp3) is 0.0909. The summed E-state index contributed by atoms with van der Waals surface area (Å²) in [6.45, 7) is -0.521. The van der Waals surface area contributed by atoms with Crippen molar-refractivity contribution in [1.29, 1.82) is 0 Å². The Morgan fingerprint density at radius 1 is 0.906 bits per heavy atom. The average Bonchev–Trinajstić information content (AvgIpc) is 2.76. The number of carbonyl (C=O) groups is 2. The molecule has 10 heteroatoms. The fourth-order valence-electron chi connectivity index (χ4n) is 2.88. The van der Waals surface area contributed by atoms with Crippen LogP contribution in [0.3, 0.4) is 0 Å². The Morgan fingerprint density at radius 2 is 1.53 bits per heavy atom. The van der Waals surface area contributed by atoms with E-state index in [4.69, 9.17) is 34.8 Å². The van der Waals surface area contributed by atoms with Gasteiger partial charge in [0.05, 0.1) is 17.3 Å². The van der Waals surface area contributed by atoms with E-state index >= 15 is 0 Å². The van der Waals surface area contributed by atoms with Gasteiger partial charge in [-0.15, -0.1) is 0 Å². The third kappa shape index (κ3) is 5.49. The van der Waals surface area contributed by atoms with Gasteiger partial charge in [0.25, 0.3) is 0 Å². The van der Waals surface area contributed by atoms with Crippen LogP contribution >= 0.6 is 34.8 Å². The summed E-state index contributed by atoms with van der Waals surface area (Å²) in [4.78, 5) is 25.3. The first-order chi connectivity index (χ1) is 15.1. The van der Waals surface area contributed by atoms with Crippen molar-refractivity contribution in [2.75, 3.05) is 18.9 Å². The summed E-state index contributed by atoms with van der Waals surface area (Å²) in [5.41, 5.74) is 0.806. The van der Waals surface area contributed by atoms with Crippen molar-refractivity contribution in [3.63, 3.8) is 0 Å². The summed E-state index contributed by atoms with van der Waals surface area (Å²) < 4.78 is 26.5. The van der Waals surface area contributed by atoms with Crippen molar-refractivity contribution in [2.45, 2.75) is 4.90 Å². The lowest BCUT2D eigenvalue weighted by Crippen LogP contribution is -2.35. The highest BCUT2D eigenvalue weighted by Gasteiger charge is 2.26. The molecule has 0 saturated carbocycles. The Morgan fingerprint density at radius 3 is 2.22 bits per heavy atom. The molecule has 1 N–H and O–H groups in total. The first-order valence-electron chi connectivity index (χ1n) is 9.20. The maximum atomic E-state index is 12.9. The number of halogens is 3. The molecule has 3 aromatic rings. The molecule has 0 bridgehead atoms. The number of sulfonamides is 1. The second-order valence-electron chi connectivity index (χ2n) is 6.77. The number of ketones is 1. The van der Waals surface area contributed by atoms with E-state index in [-0.39, 0.29) is 32.0 Å². The number of hydrogen-bond acceptors (Lipinski definition) is 4. The molecule has 0 aliphatic rings. The van der Waals surface area contributed by atoms with Crippen LogP contribution in [0.5, 0.6) is 0 Å². The van der Waals surface area contributed by atoms with Gasteiger partial charge in [-0.25, -0.2) is 8.42 Å². The molecule has 166 valence electrons. The number of benzene rings is 3. The smallest absolute Gasteiger partial charge is 0.244 e. The lowest BCUT2D eigenvalue weighted by Gasteiger charge is -2.18. The topological polar surface area (TPSA) is 83.6 Å². The van der Waals surface area contributed by atoms with Gasteiger partial charge in [0.2, 0.25) is 15.9 Å². The molecule has 0 heterocycles. The van der Waals surface area contributed by atoms with E-state index < -0.39 is 22.5 Å². The number of carbonyl (C=O) groups excluding carboxylic acids is 2. The van der Waals surface area contributed by atoms with Crippen molar-refractivity contribution >= 4 is 62.2 Å². The fourth-order valence-corrected chi connectivity index (χ4v) is 4.91. The molecule has 3 rings (SSSR count). The lowest BCUT2D eigenvalue weighted by molar-refractivity contribution is -0.116. The van der Waals surface area contributed by atoms with E-state index in [1.54, 1.807) is 30.3 Å². The molecule has 0 fully saturated rings. The SMILES string of the molecule is CN(CC(=O)Nc1ccc(Cl)cc1C(=O)c1ccccc1)S(=O)(=O)c1cc(Cl)ccc1Cl. The molecule has 32 heavy (non-hydrogen) atoms. The molecule has 0 spiro atoms. The third-order valence-corrected chi connectivity index (χ3v) is 7.24. The van der Waals surface area contributed by atoms with Crippen LogP contribution < -0.4 is 5.32 Å². The number of amides is 1. The molecule has 0 saturated heterocycles. The summed E-state index contributed by atoms with van der Waals surface area (Å²) >= 11 is 17.9. The third-order valence-electron chi connectivity index (χ3n) is 4.48. The van der Waals surface area contributed by atoms with Crippen molar-refractivity contribution in [1.82, 2.24) is 4.31 Å². The van der Waals surface area contributed by atoms with Gasteiger partial charge in [0.15, 0.2) is 5.78 Å². The zero-order chi connectivity index (χ0) is 23.5. The lowest BCUT2D eigenvalue weighted by atomic mass is 10.0. The molecule has 0 aliphatic heterocycles. The minimum Gasteiger partial charge on any atom is -0.324 e. The van der Waals surface area contributed by atoms with Crippen LogP contribution in [0.2, 0.25) is 15.1 Å². The second kappa shape index (κ2) is 10.0. The number of hydrogen-bond donors (Lipinski definition) is 1. The molecular weight excluding hydrogens is 495 g/mol. The van der Waals surface area contributed by atoms with Gasteiger partial charge in [0, 0.05) is 28.2 Å². The molecule has 0 aromatic heterocycles. The van der Waals surface area contributed by atoms with E-state index in [0.717, 1.165) is 4.31 Å². The Bertz CT molecular complexity index is 1280. The Hall–Kier alpha value is -2.42. The van der Waals surface area contributed by atoms with Gasteiger partial charge in [0.1, 0.15) is 4.90 Å². The molecule has 0 atom stereocenters. The first kappa shape index (κ1) is 24.2. The van der Waals surface area contributed by atoms with Gasteiger partial charge in [-0.3, -0.25) is 9.59 Å². The van der Waals surface area contributed by atoms with E-state index in [2.05, 4.69) is 5.32 Å². The van der Waals surface area contributed by atoms with E-state index in [1.165, 1.54) is 43.4 Å². The maximum absolute atomic E-state index is 12.9. The molecule has 1 amide bonds. The van der Waals surface area contributed by atoms with Crippen LogP contribution in [0.1, 0.15) is 15.9 Å². The second-order valence-corrected chi connectivity index (χ2v) is 10.1. The normalized spacial score (nSPS) is 11.4. The van der Waals surface area contributed by atoms with Crippen LogP contribution in [0.15, 0.2) is 71.6 Å². The molecule has 6 nitrogen and oxygen atoms in total. The number of nitrogens with one attached hydrogen (secondary N) is 1. The van der Waals surface area contributed by atoms with Gasteiger partial charge >= 0.3 is 0 Å². The average molecular weight is 512 g/mol. The highest BCUT2D eigenvalue weighted by Crippen LogP contribution is 2.28. The van der Waals surface area contributed by atoms with Crippen LogP contribution in [0.25, 0.3) is 0 Å². The quantitative estimate of drug-likeness (QED) is 0.445. The van der Waals surface area contributed by atoms with Crippen molar-refractivity contribution in [3.05, 3.63) is 92.9 Å². The summed E-state index contributed by atoms with van der Waals surface area (Å²) in [5, 5.41) is 3.07. The van der Waals surface area contributed by atoms with Crippen LogP contribution in [0.4, 0.5) is 5.69 Å². The highest BCUT2D eigenvalue weighted by molar-refractivity contribution is 7.89. The zero-order valence-electron chi connectivity index (χ0n) is 16.7. The van der Waals surface area contributed by atoms with Crippen LogP contribution in [-0.2, 0) is 14.8 Å². The number of nitrogens with zero attached hydrogens (tertiary/aromatic N) is 1. The molecule has 0 radical (unpaired) electrons. The summed E-state index contributed by atoms with van der Waals surface area (Å²) in [5.74, 6) is -0.992. The van der Waals surface area contributed by atoms with Crippen LogP contribution in [-0.4, -0.2) is 38.0 Å². The minimum atomic E-state index is -4.09. The van der Waals surface area contributed by atoms with Gasteiger partial charge in [-0.05, 0) is 36.4 Å². The first-order valence-corrected chi connectivity index (χ1v) is 11.8. The predicted molar refractivity (Wildman–Crippen MR) is 126 cm³/mol. The monoisotopic (exact) mass is 510 g/mol. The van der Waals surface area contributed by atoms with Crippen LogP contribution in [0, 0.1) is 0 Å². The number of likely N-dealkylation sites (N-methyl/N-ethyl adjacent to an activating group) is 1. The van der Waals surface area contributed by atoms with Crippen molar-refractivity contribution in [3.8, 4) is 0 Å². The predicted octanol–water partition coefficient (Wildman–Crippen LogP) is 5.14.